The van der Waals surface area contributed by atoms with Gasteiger partial charge in [0.15, 0.2) is 5.82 Å². The monoisotopic (exact) mass is 264 g/mol. The Morgan fingerprint density at radius 1 is 1.44 bits per heavy atom. The number of H-pyrrole nitrogens is 1. The van der Waals surface area contributed by atoms with Gasteiger partial charge >= 0.3 is 0 Å². The number of nitrogens with one attached hydrogen (secondary N) is 1. The van der Waals surface area contributed by atoms with Crippen LogP contribution in [-0.4, -0.2) is 21.1 Å². The topological polar surface area (TPSA) is 46.0 Å². The number of rotatable bonds is 4. The Kier molecular flexibility index (Phi) is 3.99. The van der Waals surface area contributed by atoms with Crippen molar-refractivity contribution in [1.29, 1.82) is 0 Å². The fourth-order valence-corrected chi connectivity index (χ4v) is 1.70. The van der Waals surface area contributed by atoms with Crippen LogP contribution in [0.1, 0.15) is 24.7 Å². The fourth-order valence-electron chi connectivity index (χ4n) is 1.50. The molecule has 1 heterocycles. The third-order valence-electron chi connectivity index (χ3n) is 2.38. The maximum atomic E-state index is 12.7. The van der Waals surface area contributed by atoms with E-state index < -0.39 is 0 Å². The molecule has 2 aromatic rings. The second kappa shape index (κ2) is 5.68. The second-order valence-electron chi connectivity index (χ2n) is 3.80. The van der Waals surface area contributed by atoms with Gasteiger partial charge in [-0.1, -0.05) is 19.1 Å². The summed E-state index contributed by atoms with van der Waals surface area (Å²) in [6.45, 7) is 2.06. The van der Waals surface area contributed by atoms with Gasteiger partial charge in [-0.3, -0.25) is 5.10 Å². The summed E-state index contributed by atoms with van der Waals surface area (Å²) in [4.78, 5) is 0. The van der Waals surface area contributed by atoms with Crippen LogP contribution in [0, 0.1) is 10.6 Å². The lowest BCUT2D eigenvalue weighted by Gasteiger charge is -1.98. The number of aryl methyl sites for hydroxylation is 1. The van der Waals surface area contributed by atoms with Crippen LogP contribution in [0.5, 0.6) is 0 Å². The molecule has 0 atom stereocenters. The maximum Gasteiger partial charge on any atom is 0.216 e. The van der Waals surface area contributed by atoms with Gasteiger partial charge in [0.25, 0.3) is 0 Å². The molecule has 2 rings (SSSR count). The van der Waals surface area contributed by atoms with E-state index in [1.807, 2.05) is 0 Å². The summed E-state index contributed by atoms with van der Waals surface area (Å²) in [7, 11) is 0. The van der Waals surface area contributed by atoms with Gasteiger partial charge in [0.05, 0.1) is 6.21 Å². The molecule has 0 unspecified atom stereocenters. The molecule has 0 saturated carbocycles. The lowest BCUT2D eigenvalue weighted by atomic mass is 10.2. The lowest BCUT2D eigenvalue weighted by molar-refractivity contribution is 0.628. The number of hydrogen-bond donors (Lipinski definition) is 1. The Morgan fingerprint density at radius 2 is 2.17 bits per heavy atom. The van der Waals surface area contributed by atoms with E-state index in [1.54, 1.807) is 23.0 Å². The Bertz CT molecular complexity index is 597. The maximum absolute atomic E-state index is 12.7. The highest BCUT2D eigenvalue weighted by Crippen LogP contribution is 2.03. The van der Waals surface area contributed by atoms with Crippen molar-refractivity contribution in [3.05, 3.63) is 46.2 Å². The smallest absolute Gasteiger partial charge is 0.216 e. The minimum Gasteiger partial charge on any atom is -0.250 e. The molecular formula is C12H13FN4S. The van der Waals surface area contributed by atoms with Gasteiger partial charge in [0.2, 0.25) is 4.77 Å². The van der Waals surface area contributed by atoms with Gasteiger partial charge < -0.3 is 0 Å². The molecule has 4 nitrogen and oxygen atoms in total. The molecule has 1 N–H and O–H groups in total. The highest BCUT2D eigenvalue weighted by Gasteiger charge is 2.02. The molecule has 0 aliphatic rings. The molecule has 0 bridgehead atoms. The first kappa shape index (κ1) is 12.6. The summed E-state index contributed by atoms with van der Waals surface area (Å²) in [6.07, 6.45) is 3.39. The van der Waals surface area contributed by atoms with Gasteiger partial charge in [-0.05, 0) is 36.3 Å². The summed E-state index contributed by atoms with van der Waals surface area (Å²) in [5, 5.41) is 11.1. The van der Waals surface area contributed by atoms with Crippen LogP contribution in [0.3, 0.4) is 0 Å². The molecule has 6 heteroatoms. The summed E-state index contributed by atoms with van der Waals surface area (Å²) < 4.78 is 14.8. The van der Waals surface area contributed by atoms with E-state index in [0.717, 1.165) is 24.2 Å². The predicted octanol–water partition coefficient (Wildman–Crippen LogP) is 2.91. The van der Waals surface area contributed by atoms with Crippen LogP contribution < -0.4 is 0 Å². The quantitative estimate of drug-likeness (QED) is 0.681. The number of benzene rings is 1. The first-order chi connectivity index (χ1) is 8.70. The summed E-state index contributed by atoms with van der Waals surface area (Å²) in [5.41, 5.74) is 0.807. The Hall–Kier alpha value is -1.82. The van der Waals surface area contributed by atoms with Gasteiger partial charge in [0.1, 0.15) is 5.82 Å². The number of aromatic amines is 1. The van der Waals surface area contributed by atoms with Gasteiger partial charge in [0, 0.05) is 6.42 Å². The molecule has 1 aromatic carbocycles. The number of hydrogen-bond acceptors (Lipinski definition) is 3. The average molecular weight is 264 g/mol. The normalized spacial score (nSPS) is 11.2. The largest absolute Gasteiger partial charge is 0.250 e. The number of nitrogens with zero attached hydrogens (tertiary/aromatic N) is 3. The van der Waals surface area contributed by atoms with Crippen LogP contribution in [0.25, 0.3) is 0 Å². The molecule has 94 valence electrons. The molecule has 0 saturated heterocycles. The van der Waals surface area contributed by atoms with E-state index in [-0.39, 0.29) is 5.82 Å². The first-order valence-corrected chi connectivity index (χ1v) is 6.07. The molecular weight excluding hydrogens is 251 g/mol. The molecule has 0 aliphatic carbocycles. The molecule has 0 amide bonds. The molecule has 18 heavy (non-hydrogen) atoms. The van der Waals surface area contributed by atoms with Crippen LogP contribution in [0.15, 0.2) is 29.4 Å². The van der Waals surface area contributed by atoms with Gasteiger partial charge in [-0.2, -0.15) is 14.9 Å². The number of aromatic nitrogens is 3. The summed E-state index contributed by atoms with van der Waals surface area (Å²) in [6, 6.07) is 6.09. The zero-order valence-electron chi connectivity index (χ0n) is 9.93. The van der Waals surface area contributed by atoms with E-state index in [1.165, 1.54) is 12.1 Å². The van der Waals surface area contributed by atoms with Crippen LogP contribution in [0.4, 0.5) is 4.39 Å². The van der Waals surface area contributed by atoms with Crippen LogP contribution >= 0.6 is 12.2 Å². The predicted molar refractivity (Wildman–Crippen MR) is 70.8 cm³/mol. The SMILES string of the molecule is CCCc1n[nH]c(=S)n1/N=C/c1ccc(F)cc1. The minimum absolute atomic E-state index is 0.265. The summed E-state index contributed by atoms with van der Waals surface area (Å²) in [5.74, 6) is 0.527. The van der Waals surface area contributed by atoms with Crippen molar-refractivity contribution < 1.29 is 4.39 Å². The second-order valence-corrected chi connectivity index (χ2v) is 4.19. The third kappa shape index (κ3) is 2.89. The molecule has 0 radical (unpaired) electrons. The van der Waals surface area contributed by atoms with E-state index in [4.69, 9.17) is 12.2 Å². The van der Waals surface area contributed by atoms with E-state index in [0.29, 0.717) is 4.77 Å². The van der Waals surface area contributed by atoms with E-state index >= 15 is 0 Å². The zero-order chi connectivity index (χ0) is 13.0. The van der Waals surface area contributed by atoms with Crippen LogP contribution in [-0.2, 0) is 6.42 Å². The van der Waals surface area contributed by atoms with Crippen molar-refractivity contribution in [3.8, 4) is 0 Å². The summed E-state index contributed by atoms with van der Waals surface area (Å²) >= 11 is 5.09. The van der Waals surface area contributed by atoms with Crippen molar-refractivity contribution >= 4 is 18.4 Å². The first-order valence-electron chi connectivity index (χ1n) is 5.67. The Balaban J connectivity index is 2.25. The highest BCUT2D eigenvalue weighted by atomic mass is 32.1. The third-order valence-corrected chi connectivity index (χ3v) is 2.65. The van der Waals surface area contributed by atoms with Gasteiger partial charge in [-0.15, -0.1) is 0 Å². The van der Waals surface area contributed by atoms with Crippen molar-refractivity contribution in [2.75, 3.05) is 0 Å². The number of halogens is 1. The lowest BCUT2D eigenvalue weighted by Crippen LogP contribution is -1.98. The van der Waals surface area contributed by atoms with E-state index in [2.05, 4.69) is 22.2 Å². The van der Waals surface area contributed by atoms with Gasteiger partial charge in [-0.25, -0.2) is 4.39 Å². The van der Waals surface area contributed by atoms with E-state index in [9.17, 15) is 4.39 Å². The molecule has 0 aliphatic heterocycles. The Labute approximate surface area is 109 Å². The zero-order valence-corrected chi connectivity index (χ0v) is 10.7. The minimum atomic E-state index is -0.265. The highest BCUT2D eigenvalue weighted by molar-refractivity contribution is 7.71. The van der Waals surface area contributed by atoms with Crippen molar-refractivity contribution in [1.82, 2.24) is 14.9 Å². The fraction of sp³-hybridized carbons (Fsp3) is 0.250. The van der Waals surface area contributed by atoms with Crippen LogP contribution in [0.2, 0.25) is 0 Å². The average Bonchev–Trinajstić information content (AvgIpc) is 2.71. The van der Waals surface area contributed by atoms with Crippen molar-refractivity contribution in [3.63, 3.8) is 0 Å². The Morgan fingerprint density at radius 3 is 2.83 bits per heavy atom. The van der Waals surface area contributed by atoms with Crippen molar-refractivity contribution in [2.24, 2.45) is 5.10 Å². The molecule has 0 fully saturated rings. The van der Waals surface area contributed by atoms with Crippen molar-refractivity contribution in [2.45, 2.75) is 19.8 Å². The molecule has 1 aromatic heterocycles. The standard InChI is InChI=1S/C12H13FN4S/c1-2-3-11-15-16-12(18)17(11)14-8-9-4-6-10(13)7-5-9/h4-8H,2-3H2,1H3,(H,16,18)/b14-8+. The molecule has 0 spiro atoms.